The summed E-state index contributed by atoms with van der Waals surface area (Å²) in [5.41, 5.74) is 0.519. The second kappa shape index (κ2) is 9.66. The van der Waals surface area contributed by atoms with E-state index in [0.717, 1.165) is 16.8 Å². The number of amidine groups is 1. The molecule has 194 valence electrons. The molecule has 0 radical (unpaired) electrons. The van der Waals surface area contributed by atoms with Gasteiger partial charge in [0.25, 0.3) is 0 Å². The number of benzene rings is 2. The topological polar surface area (TPSA) is 75.0 Å². The van der Waals surface area contributed by atoms with E-state index in [4.69, 9.17) is 32.9 Å². The van der Waals surface area contributed by atoms with Gasteiger partial charge in [0, 0.05) is 33.4 Å². The molecule has 37 heavy (non-hydrogen) atoms. The van der Waals surface area contributed by atoms with Crippen molar-refractivity contribution in [2.45, 2.75) is 58.0 Å². The maximum absolute atomic E-state index is 13.0. The van der Waals surface area contributed by atoms with Gasteiger partial charge < -0.3 is 9.84 Å². The van der Waals surface area contributed by atoms with Crippen LogP contribution >= 0.6 is 23.2 Å². The van der Waals surface area contributed by atoms with Crippen LogP contribution in [-0.2, 0) is 16.5 Å². The molecule has 2 heterocycles. The minimum absolute atomic E-state index is 0.218. The Morgan fingerprint density at radius 1 is 1.00 bits per heavy atom. The summed E-state index contributed by atoms with van der Waals surface area (Å²) in [4.78, 5) is 24.2. The molecular formula is C29H31Cl2N3O3. The summed E-state index contributed by atoms with van der Waals surface area (Å²) < 4.78 is 6.02. The maximum atomic E-state index is 13.0. The number of carbonyl (C=O) groups is 1. The lowest BCUT2D eigenvalue weighted by molar-refractivity contribution is 0.100. The highest BCUT2D eigenvalue weighted by Gasteiger charge is 2.60. The molecule has 8 heteroatoms. The van der Waals surface area contributed by atoms with Gasteiger partial charge in [-0.05, 0) is 56.2 Å². The van der Waals surface area contributed by atoms with Gasteiger partial charge in [-0.3, -0.25) is 9.98 Å². The summed E-state index contributed by atoms with van der Waals surface area (Å²) >= 11 is 12.4. The molecule has 0 bridgehead atoms. The Morgan fingerprint density at radius 2 is 1.54 bits per heavy atom. The van der Waals surface area contributed by atoms with Crippen LogP contribution in [0.1, 0.15) is 63.9 Å². The molecule has 0 aliphatic carbocycles. The van der Waals surface area contributed by atoms with Gasteiger partial charge in [-0.25, -0.2) is 9.69 Å². The number of halogens is 2. The van der Waals surface area contributed by atoms with Crippen LogP contribution in [0.4, 0.5) is 4.79 Å². The number of nitrogens with zero attached hydrogens (tertiary/aromatic N) is 3. The Hall–Kier alpha value is -3.09. The van der Waals surface area contributed by atoms with Crippen LogP contribution in [-0.4, -0.2) is 33.5 Å². The van der Waals surface area contributed by atoms with Crippen LogP contribution in [0.5, 0.6) is 5.75 Å². The first-order valence-corrected chi connectivity index (χ1v) is 12.9. The molecule has 1 amide bonds. The maximum Gasteiger partial charge on any atom is 0.413 e. The standard InChI is InChI=1S/C29H31Cl2N3O3/c1-7-37-23-16-24(27(2,3)4)32-17-22(23)25-33-28(5,18-8-12-20(30)13-9-18)29(6,34(25)26(35)36)19-10-14-21(31)15-11-19/h8-17H,7H2,1-6H3,(H,35,36)/t28-,29+/m0/s1. The molecule has 0 saturated heterocycles. The molecule has 0 fully saturated rings. The molecule has 2 aromatic carbocycles. The van der Waals surface area contributed by atoms with Crippen LogP contribution in [0, 0.1) is 0 Å². The first-order valence-electron chi connectivity index (χ1n) is 12.1. The van der Waals surface area contributed by atoms with Crippen molar-refractivity contribution in [2.75, 3.05) is 6.61 Å². The molecule has 1 aliphatic heterocycles. The van der Waals surface area contributed by atoms with Crippen molar-refractivity contribution < 1.29 is 14.6 Å². The van der Waals surface area contributed by atoms with Crippen LogP contribution in [0.25, 0.3) is 0 Å². The van der Waals surface area contributed by atoms with Crippen molar-refractivity contribution in [2.24, 2.45) is 4.99 Å². The number of rotatable bonds is 5. The number of hydrogen-bond donors (Lipinski definition) is 1. The molecule has 0 spiro atoms. The van der Waals surface area contributed by atoms with E-state index in [1.54, 1.807) is 30.5 Å². The van der Waals surface area contributed by atoms with Crippen LogP contribution in [0.15, 0.2) is 65.8 Å². The summed E-state index contributed by atoms with van der Waals surface area (Å²) in [6.07, 6.45) is 0.521. The highest BCUT2D eigenvalue weighted by molar-refractivity contribution is 6.30. The molecule has 0 saturated carbocycles. The second-order valence-corrected chi connectivity index (χ2v) is 11.3. The van der Waals surface area contributed by atoms with Crippen molar-refractivity contribution in [1.82, 2.24) is 9.88 Å². The van der Waals surface area contributed by atoms with Crippen molar-refractivity contribution in [3.63, 3.8) is 0 Å². The Bertz CT molecular complexity index is 1350. The van der Waals surface area contributed by atoms with Gasteiger partial charge in [-0.2, -0.15) is 0 Å². The van der Waals surface area contributed by atoms with E-state index >= 15 is 0 Å². The van der Waals surface area contributed by atoms with Gasteiger partial charge in [-0.15, -0.1) is 0 Å². The summed E-state index contributed by atoms with van der Waals surface area (Å²) in [7, 11) is 0. The molecule has 2 atom stereocenters. The number of aromatic nitrogens is 1. The summed E-state index contributed by atoms with van der Waals surface area (Å²) in [6, 6.07) is 16.4. The number of ether oxygens (including phenoxy) is 1. The van der Waals surface area contributed by atoms with E-state index in [0.29, 0.717) is 28.0 Å². The predicted molar refractivity (Wildman–Crippen MR) is 148 cm³/mol. The van der Waals surface area contributed by atoms with Crippen molar-refractivity contribution >= 4 is 35.1 Å². The smallest absolute Gasteiger partial charge is 0.413 e. The lowest BCUT2D eigenvalue weighted by Gasteiger charge is -2.44. The fourth-order valence-electron chi connectivity index (χ4n) is 4.86. The minimum Gasteiger partial charge on any atom is -0.493 e. The molecule has 3 aromatic rings. The zero-order chi connectivity index (χ0) is 27.2. The molecule has 1 aliphatic rings. The molecule has 6 nitrogen and oxygen atoms in total. The quantitative estimate of drug-likeness (QED) is 0.361. The monoisotopic (exact) mass is 539 g/mol. The highest BCUT2D eigenvalue weighted by Crippen LogP contribution is 2.53. The van der Waals surface area contributed by atoms with E-state index in [1.807, 2.05) is 51.1 Å². The van der Waals surface area contributed by atoms with Gasteiger partial charge in [-0.1, -0.05) is 68.2 Å². The summed E-state index contributed by atoms with van der Waals surface area (Å²) in [5, 5.41) is 11.8. The average molecular weight is 540 g/mol. The van der Waals surface area contributed by atoms with Crippen LogP contribution in [0.3, 0.4) is 0 Å². The molecular weight excluding hydrogens is 509 g/mol. The van der Waals surface area contributed by atoms with E-state index in [9.17, 15) is 9.90 Å². The summed E-state index contributed by atoms with van der Waals surface area (Å²) in [6.45, 7) is 12.3. The number of aliphatic imine (C=N–C) groups is 1. The molecule has 0 unspecified atom stereocenters. The fourth-order valence-corrected chi connectivity index (χ4v) is 5.11. The third kappa shape index (κ3) is 4.57. The van der Waals surface area contributed by atoms with E-state index in [2.05, 4.69) is 25.8 Å². The fraction of sp³-hybridized carbons (Fsp3) is 0.345. The van der Waals surface area contributed by atoms with Gasteiger partial charge >= 0.3 is 6.09 Å². The minimum atomic E-state index is -1.14. The second-order valence-electron chi connectivity index (χ2n) is 10.5. The predicted octanol–water partition coefficient (Wildman–Crippen LogP) is 7.66. The van der Waals surface area contributed by atoms with E-state index < -0.39 is 17.2 Å². The van der Waals surface area contributed by atoms with Crippen LogP contribution in [0.2, 0.25) is 10.0 Å². The van der Waals surface area contributed by atoms with Gasteiger partial charge in [0.1, 0.15) is 22.7 Å². The van der Waals surface area contributed by atoms with Crippen molar-refractivity contribution in [3.8, 4) is 5.75 Å². The zero-order valence-corrected chi connectivity index (χ0v) is 23.4. The molecule has 1 aromatic heterocycles. The van der Waals surface area contributed by atoms with Crippen LogP contribution < -0.4 is 4.74 Å². The van der Waals surface area contributed by atoms with Crippen molar-refractivity contribution in [1.29, 1.82) is 0 Å². The van der Waals surface area contributed by atoms with Gasteiger partial charge in [0.05, 0.1) is 12.2 Å². The number of pyridine rings is 1. The Kier molecular flexibility index (Phi) is 7.04. The van der Waals surface area contributed by atoms with Crippen molar-refractivity contribution in [3.05, 3.63) is 93.2 Å². The normalized spacial score (nSPS) is 21.6. The van der Waals surface area contributed by atoms with E-state index in [-0.39, 0.29) is 11.3 Å². The lowest BCUT2D eigenvalue weighted by atomic mass is 9.71. The average Bonchev–Trinajstić information content (AvgIpc) is 3.08. The Balaban J connectivity index is 2.03. The molecule has 4 rings (SSSR count). The van der Waals surface area contributed by atoms with E-state index in [1.165, 1.54) is 4.90 Å². The Labute approximate surface area is 227 Å². The lowest BCUT2D eigenvalue weighted by Crippen LogP contribution is -2.54. The third-order valence-electron chi connectivity index (χ3n) is 7.12. The zero-order valence-electron chi connectivity index (χ0n) is 21.8. The number of hydrogen-bond acceptors (Lipinski definition) is 4. The highest BCUT2D eigenvalue weighted by atomic mass is 35.5. The van der Waals surface area contributed by atoms with Gasteiger partial charge in [0.15, 0.2) is 0 Å². The summed E-state index contributed by atoms with van der Waals surface area (Å²) in [5.74, 6) is 0.796. The Morgan fingerprint density at radius 3 is 2.03 bits per heavy atom. The largest absolute Gasteiger partial charge is 0.493 e. The van der Waals surface area contributed by atoms with Gasteiger partial charge in [0.2, 0.25) is 0 Å². The SMILES string of the molecule is CCOc1cc(C(C)(C)C)ncc1C1=N[C@@](C)(c2ccc(Cl)cc2)[C@@](C)(c2ccc(Cl)cc2)N1C(=O)O. The third-order valence-corrected chi connectivity index (χ3v) is 7.62. The first kappa shape index (κ1) is 27.0. The molecule has 1 N–H and O–H groups in total. The first-order chi connectivity index (χ1) is 17.3. The number of carboxylic acid groups (broad SMARTS) is 1. The number of amides is 1.